The summed E-state index contributed by atoms with van der Waals surface area (Å²) in [6, 6.07) is 0. The molecular formula is C9H12O. The molecule has 1 rings (SSSR count). The quantitative estimate of drug-likeness (QED) is 0.538. The van der Waals surface area contributed by atoms with E-state index in [1.807, 2.05) is 13.0 Å². The molecule has 1 nitrogen and oxygen atoms in total. The largest absolute Gasteiger partial charge is 0.494 e. The van der Waals surface area contributed by atoms with Crippen molar-refractivity contribution in [3.05, 3.63) is 36.1 Å². The van der Waals surface area contributed by atoms with Crippen LogP contribution in [0.4, 0.5) is 0 Å². The third kappa shape index (κ3) is 1.13. The Morgan fingerprint density at radius 2 is 2.40 bits per heavy atom. The average Bonchev–Trinajstić information content (AvgIpc) is 2.34. The number of hydrogen-bond donors (Lipinski definition) is 0. The molecule has 1 aliphatic rings. The van der Waals surface area contributed by atoms with E-state index in [1.54, 1.807) is 0 Å². The van der Waals surface area contributed by atoms with Crippen LogP contribution in [0.3, 0.4) is 0 Å². The zero-order valence-electron chi connectivity index (χ0n) is 6.31. The van der Waals surface area contributed by atoms with Crippen molar-refractivity contribution < 1.29 is 4.74 Å². The van der Waals surface area contributed by atoms with Gasteiger partial charge in [0.15, 0.2) is 0 Å². The number of ether oxygens (including phenoxy) is 1. The van der Waals surface area contributed by atoms with Gasteiger partial charge in [0, 0.05) is 6.42 Å². The Labute approximate surface area is 61.7 Å². The molecule has 0 radical (unpaired) electrons. The lowest BCUT2D eigenvalue weighted by molar-refractivity contribution is 0.267. The monoisotopic (exact) mass is 136 g/mol. The lowest BCUT2D eigenvalue weighted by Gasteiger charge is -1.98. The summed E-state index contributed by atoms with van der Waals surface area (Å²) in [4.78, 5) is 0. The fourth-order valence-electron chi connectivity index (χ4n) is 1.04. The van der Waals surface area contributed by atoms with Crippen molar-refractivity contribution in [1.29, 1.82) is 0 Å². The number of rotatable bonds is 1. The third-order valence-corrected chi connectivity index (χ3v) is 1.75. The van der Waals surface area contributed by atoms with E-state index in [9.17, 15) is 0 Å². The predicted octanol–water partition coefficient (Wildman–Crippen LogP) is 2.42. The van der Waals surface area contributed by atoms with Gasteiger partial charge in [-0.1, -0.05) is 19.2 Å². The Balaban J connectivity index is 2.89. The summed E-state index contributed by atoms with van der Waals surface area (Å²) >= 11 is 0. The Morgan fingerprint density at radius 1 is 1.70 bits per heavy atom. The summed E-state index contributed by atoms with van der Waals surface area (Å²) in [6.07, 6.45) is 2.83. The van der Waals surface area contributed by atoms with Gasteiger partial charge in [0.1, 0.15) is 5.76 Å². The second-order valence-corrected chi connectivity index (χ2v) is 2.39. The normalized spacial score (nSPS) is 22.3. The molecule has 1 heteroatoms. The van der Waals surface area contributed by atoms with Crippen molar-refractivity contribution >= 4 is 0 Å². The highest BCUT2D eigenvalue weighted by atomic mass is 16.5. The van der Waals surface area contributed by atoms with Crippen molar-refractivity contribution in [2.45, 2.75) is 13.3 Å². The first-order valence-electron chi connectivity index (χ1n) is 3.40. The average molecular weight is 136 g/mol. The molecule has 0 atom stereocenters. The van der Waals surface area contributed by atoms with E-state index in [4.69, 9.17) is 4.74 Å². The molecule has 0 saturated carbocycles. The second kappa shape index (κ2) is 2.74. The maximum Gasteiger partial charge on any atom is 0.115 e. The maximum atomic E-state index is 5.19. The van der Waals surface area contributed by atoms with Gasteiger partial charge in [-0.05, 0) is 18.1 Å². The first kappa shape index (κ1) is 7.13. The summed E-state index contributed by atoms with van der Waals surface area (Å²) in [5.41, 5.74) is 2.40. The summed E-state index contributed by atoms with van der Waals surface area (Å²) in [5.74, 6) is 0.817. The van der Waals surface area contributed by atoms with Crippen LogP contribution in [0, 0.1) is 0 Å². The van der Waals surface area contributed by atoms with Gasteiger partial charge in [-0.2, -0.15) is 0 Å². The topological polar surface area (TPSA) is 9.23 Å². The molecule has 0 aromatic carbocycles. The molecule has 0 amide bonds. The highest BCUT2D eigenvalue weighted by Crippen LogP contribution is 2.25. The highest BCUT2D eigenvalue weighted by molar-refractivity contribution is 5.35. The van der Waals surface area contributed by atoms with Crippen molar-refractivity contribution in [1.82, 2.24) is 0 Å². The lowest BCUT2D eigenvalue weighted by Crippen LogP contribution is -1.81. The van der Waals surface area contributed by atoms with Gasteiger partial charge >= 0.3 is 0 Å². The van der Waals surface area contributed by atoms with Crippen LogP contribution in [-0.4, -0.2) is 6.61 Å². The van der Waals surface area contributed by atoms with Gasteiger partial charge < -0.3 is 4.74 Å². The highest BCUT2D eigenvalue weighted by Gasteiger charge is 2.13. The van der Waals surface area contributed by atoms with E-state index >= 15 is 0 Å². The zero-order valence-corrected chi connectivity index (χ0v) is 6.31. The third-order valence-electron chi connectivity index (χ3n) is 1.75. The van der Waals surface area contributed by atoms with E-state index in [-0.39, 0.29) is 0 Å². The Bertz CT molecular complexity index is 199. The van der Waals surface area contributed by atoms with Crippen LogP contribution in [-0.2, 0) is 4.74 Å². The van der Waals surface area contributed by atoms with Crippen LogP contribution in [0.2, 0.25) is 0 Å². The zero-order chi connectivity index (χ0) is 7.56. The van der Waals surface area contributed by atoms with Gasteiger partial charge in [0.25, 0.3) is 0 Å². The molecule has 0 unspecified atom stereocenters. The molecule has 1 saturated heterocycles. The van der Waals surface area contributed by atoms with Crippen molar-refractivity contribution in [2.75, 3.05) is 6.61 Å². The Kier molecular flexibility index (Phi) is 1.95. The smallest absolute Gasteiger partial charge is 0.115 e. The van der Waals surface area contributed by atoms with Crippen LogP contribution in [0.1, 0.15) is 13.3 Å². The summed E-state index contributed by atoms with van der Waals surface area (Å²) in [5, 5.41) is 0. The van der Waals surface area contributed by atoms with Crippen molar-refractivity contribution in [3.8, 4) is 0 Å². The van der Waals surface area contributed by atoms with Gasteiger partial charge in [0.2, 0.25) is 0 Å². The van der Waals surface area contributed by atoms with E-state index < -0.39 is 0 Å². The van der Waals surface area contributed by atoms with Crippen molar-refractivity contribution in [2.24, 2.45) is 0 Å². The predicted molar refractivity (Wildman–Crippen MR) is 42.6 cm³/mol. The molecule has 10 heavy (non-hydrogen) atoms. The number of allylic oxidation sites excluding steroid dienone is 3. The van der Waals surface area contributed by atoms with Crippen LogP contribution in [0.15, 0.2) is 36.1 Å². The van der Waals surface area contributed by atoms with Crippen molar-refractivity contribution in [3.63, 3.8) is 0 Å². The second-order valence-electron chi connectivity index (χ2n) is 2.39. The lowest BCUT2D eigenvalue weighted by atomic mass is 10.1. The molecule has 0 aliphatic carbocycles. The van der Waals surface area contributed by atoms with Crippen LogP contribution < -0.4 is 0 Å². The first-order chi connectivity index (χ1) is 4.75. The molecule has 0 aromatic heterocycles. The molecule has 0 bridgehead atoms. The molecule has 0 aromatic rings. The SMILES string of the molecule is C=C/C(C)=C1/CCOC1=C. The van der Waals surface area contributed by atoms with Crippen LogP contribution in [0.5, 0.6) is 0 Å². The maximum absolute atomic E-state index is 5.19. The van der Waals surface area contributed by atoms with E-state index in [1.165, 1.54) is 11.1 Å². The fraction of sp³-hybridized carbons (Fsp3) is 0.333. The van der Waals surface area contributed by atoms with Gasteiger partial charge in [-0.3, -0.25) is 0 Å². The minimum atomic E-state index is 0.777. The molecule has 54 valence electrons. The minimum Gasteiger partial charge on any atom is -0.494 e. The summed E-state index contributed by atoms with van der Waals surface area (Å²) in [7, 11) is 0. The summed E-state index contributed by atoms with van der Waals surface area (Å²) in [6.45, 7) is 10.3. The van der Waals surface area contributed by atoms with E-state index in [2.05, 4.69) is 13.2 Å². The standard InChI is InChI=1S/C9H12O/c1-4-7(2)9-5-6-10-8(9)3/h4H,1,3,5-6H2,2H3/b9-7-. The molecule has 1 fully saturated rings. The first-order valence-corrected chi connectivity index (χ1v) is 3.40. The van der Waals surface area contributed by atoms with Crippen LogP contribution >= 0.6 is 0 Å². The fourth-order valence-corrected chi connectivity index (χ4v) is 1.04. The van der Waals surface area contributed by atoms with Gasteiger partial charge in [-0.25, -0.2) is 0 Å². The minimum absolute atomic E-state index is 0.777. The van der Waals surface area contributed by atoms with E-state index in [0.717, 1.165) is 18.8 Å². The van der Waals surface area contributed by atoms with E-state index in [0.29, 0.717) is 0 Å². The molecule has 1 aliphatic heterocycles. The van der Waals surface area contributed by atoms with Crippen LogP contribution in [0.25, 0.3) is 0 Å². The molecular weight excluding hydrogens is 124 g/mol. The summed E-state index contributed by atoms with van der Waals surface area (Å²) < 4.78 is 5.19. The molecule has 1 heterocycles. The van der Waals surface area contributed by atoms with Gasteiger partial charge in [0.05, 0.1) is 6.61 Å². The molecule has 0 N–H and O–H groups in total. The number of hydrogen-bond acceptors (Lipinski definition) is 1. The Hall–Kier alpha value is -0.980. The molecule has 0 spiro atoms. The van der Waals surface area contributed by atoms with Gasteiger partial charge in [-0.15, -0.1) is 0 Å². The Morgan fingerprint density at radius 3 is 2.80 bits per heavy atom.